The average molecular weight is 955 g/mol. The van der Waals surface area contributed by atoms with Crippen molar-refractivity contribution >= 4 is 5.91 Å². The standard InChI is InChI=1S/C58H115NO8/c1-3-5-7-9-11-13-15-16-17-18-19-20-21-22-23-24-25-26-27-28-29-30-31-32-33-34-35-36-37-38-40-42-44-46-48-54(62)59-51(50-66-58-57(65)56(64)55(63)53(49-60)67-58)52(61)47-45-43-41-39-14-12-10-8-6-4-2/h51-53,55-58,60-61,63-65H,3-50H2,1-2H3,(H,59,62)/t51-,52+,53+,55-,56?,57?,58+/m0/s1. The molecule has 0 radical (unpaired) electrons. The molecular weight excluding hydrogens is 839 g/mol. The minimum absolute atomic E-state index is 0.132. The zero-order valence-corrected chi connectivity index (χ0v) is 44.4. The highest BCUT2D eigenvalue weighted by Gasteiger charge is 2.44. The van der Waals surface area contributed by atoms with Gasteiger partial charge in [0.2, 0.25) is 5.91 Å². The number of unbranched alkanes of at least 4 members (excludes halogenated alkanes) is 42. The van der Waals surface area contributed by atoms with E-state index in [1.54, 1.807) is 0 Å². The Morgan fingerprint density at radius 2 is 0.746 bits per heavy atom. The molecule has 1 fully saturated rings. The Morgan fingerprint density at radius 3 is 1.06 bits per heavy atom. The molecule has 67 heavy (non-hydrogen) atoms. The van der Waals surface area contributed by atoms with Crippen LogP contribution in [0.2, 0.25) is 0 Å². The van der Waals surface area contributed by atoms with Crippen LogP contribution < -0.4 is 5.32 Å². The molecule has 0 aromatic carbocycles. The third kappa shape index (κ3) is 38.5. The van der Waals surface area contributed by atoms with Crippen LogP contribution in [0.25, 0.3) is 0 Å². The Balaban J connectivity index is 2.02. The third-order valence-electron chi connectivity index (χ3n) is 14.7. The maximum Gasteiger partial charge on any atom is 0.220 e. The van der Waals surface area contributed by atoms with Crippen LogP contribution in [-0.4, -0.2) is 87.5 Å². The predicted molar refractivity (Wildman–Crippen MR) is 281 cm³/mol. The second kappa shape index (κ2) is 48.8. The van der Waals surface area contributed by atoms with Crippen LogP contribution in [0.15, 0.2) is 0 Å². The molecule has 6 N–H and O–H groups in total. The summed E-state index contributed by atoms with van der Waals surface area (Å²) in [7, 11) is 0. The molecule has 1 heterocycles. The summed E-state index contributed by atoms with van der Waals surface area (Å²) in [4.78, 5) is 13.0. The van der Waals surface area contributed by atoms with E-state index >= 15 is 0 Å². The van der Waals surface area contributed by atoms with Crippen molar-refractivity contribution in [3.05, 3.63) is 0 Å². The number of carbonyl (C=O) groups excluding carboxylic acids is 1. The summed E-state index contributed by atoms with van der Waals surface area (Å²) in [5, 5.41) is 54.4. The van der Waals surface area contributed by atoms with Crippen molar-refractivity contribution in [2.45, 2.75) is 352 Å². The molecule has 0 aromatic heterocycles. The van der Waals surface area contributed by atoms with Gasteiger partial charge in [0, 0.05) is 6.42 Å². The van der Waals surface area contributed by atoms with Crippen LogP contribution in [-0.2, 0) is 14.3 Å². The van der Waals surface area contributed by atoms with Gasteiger partial charge in [-0.25, -0.2) is 0 Å². The van der Waals surface area contributed by atoms with Crippen LogP contribution in [0.5, 0.6) is 0 Å². The van der Waals surface area contributed by atoms with Crippen molar-refractivity contribution in [3.8, 4) is 0 Å². The van der Waals surface area contributed by atoms with Gasteiger partial charge in [0.25, 0.3) is 0 Å². The van der Waals surface area contributed by atoms with Crippen molar-refractivity contribution in [1.82, 2.24) is 5.32 Å². The Morgan fingerprint density at radius 1 is 0.448 bits per heavy atom. The van der Waals surface area contributed by atoms with E-state index in [2.05, 4.69) is 19.2 Å². The lowest BCUT2D eigenvalue weighted by atomic mass is 9.99. The van der Waals surface area contributed by atoms with Crippen molar-refractivity contribution < 1.29 is 39.8 Å². The van der Waals surface area contributed by atoms with E-state index < -0.39 is 49.5 Å². The van der Waals surface area contributed by atoms with Crippen molar-refractivity contribution in [2.24, 2.45) is 0 Å². The van der Waals surface area contributed by atoms with Gasteiger partial charge < -0.3 is 40.3 Å². The van der Waals surface area contributed by atoms with Crippen LogP contribution in [0.4, 0.5) is 0 Å². The lowest BCUT2D eigenvalue weighted by Gasteiger charge is -2.40. The summed E-state index contributed by atoms with van der Waals surface area (Å²) in [6, 6.07) is -0.712. The predicted octanol–water partition coefficient (Wildman–Crippen LogP) is 14.6. The second-order valence-electron chi connectivity index (χ2n) is 21.2. The zero-order valence-electron chi connectivity index (χ0n) is 44.4. The average Bonchev–Trinajstić information content (AvgIpc) is 3.33. The fourth-order valence-electron chi connectivity index (χ4n) is 9.99. The Labute approximate surface area is 414 Å². The molecule has 9 nitrogen and oxygen atoms in total. The number of hydrogen-bond donors (Lipinski definition) is 6. The van der Waals surface area contributed by atoms with Gasteiger partial charge in [-0.3, -0.25) is 4.79 Å². The van der Waals surface area contributed by atoms with E-state index in [1.807, 2.05) is 0 Å². The van der Waals surface area contributed by atoms with Crippen molar-refractivity contribution in [1.29, 1.82) is 0 Å². The normalized spacial score (nSPS) is 19.5. The molecule has 1 rings (SSSR count). The van der Waals surface area contributed by atoms with Crippen LogP contribution >= 0.6 is 0 Å². The van der Waals surface area contributed by atoms with Gasteiger partial charge in [-0.15, -0.1) is 0 Å². The topological polar surface area (TPSA) is 149 Å². The second-order valence-corrected chi connectivity index (χ2v) is 21.2. The number of ether oxygens (including phenoxy) is 2. The molecule has 0 bridgehead atoms. The van der Waals surface area contributed by atoms with E-state index in [9.17, 15) is 30.3 Å². The number of amides is 1. The van der Waals surface area contributed by atoms with Gasteiger partial charge in [0.1, 0.15) is 24.4 Å². The largest absolute Gasteiger partial charge is 0.394 e. The van der Waals surface area contributed by atoms with Gasteiger partial charge in [-0.05, 0) is 12.8 Å². The first-order chi connectivity index (χ1) is 32.8. The Bertz CT molecular complexity index is 1020. The molecule has 1 amide bonds. The molecule has 400 valence electrons. The highest BCUT2D eigenvalue weighted by Crippen LogP contribution is 2.23. The lowest BCUT2D eigenvalue weighted by molar-refractivity contribution is -0.302. The molecule has 1 saturated heterocycles. The quantitative estimate of drug-likeness (QED) is 0.0330. The summed E-state index contributed by atoms with van der Waals surface area (Å²) in [5.74, 6) is -0.139. The molecule has 0 spiro atoms. The van der Waals surface area contributed by atoms with Gasteiger partial charge in [0.05, 0.1) is 25.4 Å². The lowest BCUT2D eigenvalue weighted by Crippen LogP contribution is -2.60. The molecule has 7 atom stereocenters. The van der Waals surface area contributed by atoms with Crippen molar-refractivity contribution in [3.63, 3.8) is 0 Å². The number of aliphatic hydroxyl groups is 5. The fourth-order valence-corrected chi connectivity index (χ4v) is 9.99. The van der Waals surface area contributed by atoms with Crippen LogP contribution in [0.3, 0.4) is 0 Å². The number of hydrogen-bond acceptors (Lipinski definition) is 8. The highest BCUT2D eigenvalue weighted by atomic mass is 16.7. The number of rotatable bonds is 52. The maximum atomic E-state index is 13.0. The van der Waals surface area contributed by atoms with E-state index in [0.717, 1.165) is 38.5 Å². The molecule has 1 aliphatic rings. The number of carbonyl (C=O) groups is 1. The highest BCUT2D eigenvalue weighted by molar-refractivity contribution is 5.76. The summed E-state index contributed by atoms with van der Waals surface area (Å²) in [6.07, 6.45) is 51.8. The smallest absolute Gasteiger partial charge is 0.220 e. The van der Waals surface area contributed by atoms with E-state index in [1.165, 1.54) is 244 Å². The first-order valence-electron chi connectivity index (χ1n) is 29.7. The van der Waals surface area contributed by atoms with Crippen LogP contribution in [0, 0.1) is 0 Å². The minimum atomic E-state index is -1.55. The summed E-state index contributed by atoms with van der Waals surface area (Å²) in [5.41, 5.74) is 0. The summed E-state index contributed by atoms with van der Waals surface area (Å²) in [6.45, 7) is 3.85. The number of aliphatic hydroxyl groups excluding tert-OH is 5. The van der Waals surface area contributed by atoms with Gasteiger partial charge in [0.15, 0.2) is 6.29 Å². The maximum absolute atomic E-state index is 13.0. The van der Waals surface area contributed by atoms with Gasteiger partial charge >= 0.3 is 0 Å². The molecule has 0 aliphatic carbocycles. The fraction of sp³-hybridized carbons (Fsp3) is 0.983. The molecule has 2 unspecified atom stereocenters. The molecule has 1 aliphatic heterocycles. The summed E-state index contributed by atoms with van der Waals surface area (Å²) < 4.78 is 11.3. The molecule has 0 aromatic rings. The molecule has 0 saturated carbocycles. The van der Waals surface area contributed by atoms with E-state index in [-0.39, 0.29) is 12.5 Å². The first kappa shape index (κ1) is 64.2. The molecular formula is C58H115NO8. The van der Waals surface area contributed by atoms with Crippen molar-refractivity contribution in [2.75, 3.05) is 13.2 Å². The summed E-state index contributed by atoms with van der Waals surface area (Å²) >= 11 is 0. The van der Waals surface area contributed by atoms with Gasteiger partial charge in [-0.2, -0.15) is 0 Å². The van der Waals surface area contributed by atoms with Crippen LogP contribution in [0.1, 0.15) is 309 Å². The monoisotopic (exact) mass is 954 g/mol. The zero-order chi connectivity index (χ0) is 48.7. The Kier molecular flexibility index (Phi) is 46.8. The third-order valence-corrected chi connectivity index (χ3v) is 14.7. The number of nitrogens with one attached hydrogen (secondary N) is 1. The van der Waals surface area contributed by atoms with E-state index in [0.29, 0.717) is 12.8 Å². The van der Waals surface area contributed by atoms with E-state index in [4.69, 9.17) is 9.47 Å². The first-order valence-corrected chi connectivity index (χ1v) is 29.7. The molecule has 9 heteroatoms. The SMILES string of the molecule is CCCCCCCCCCCCCCCCCCCCCCCCCCCCCCCCCCCCC(=O)N[C@@H](CO[C@@H]1O[C@H](CO)[C@H](O)C(O)C1O)[C@H](O)CCCCCCCCCCCC. The Hall–Kier alpha value is -0.810. The minimum Gasteiger partial charge on any atom is -0.394 e. The van der Waals surface area contributed by atoms with Gasteiger partial charge in [-0.1, -0.05) is 290 Å².